The molecule has 0 aromatic carbocycles. The highest BCUT2D eigenvalue weighted by atomic mass is 16.7. The quantitative estimate of drug-likeness (QED) is 0.0825. The van der Waals surface area contributed by atoms with E-state index in [9.17, 15) is 50.1 Å². The molecule has 2 heterocycles. The molecule has 15 atom stereocenters. The Balaban J connectivity index is 1.97. The number of aliphatic hydroxyl groups excluding tert-OH is 6. The van der Waals surface area contributed by atoms with E-state index in [0.29, 0.717) is 0 Å². The van der Waals surface area contributed by atoms with Gasteiger partial charge in [0, 0.05) is 13.1 Å². The van der Waals surface area contributed by atoms with Gasteiger partial charge in [-0.05, 0) is 61.9 Å². The molecular formula is C32H60N6O16. The highest BCUT2D eigenvalue weighted by Gasteiger charge is 2.54. The second-order valence-corrected chi connectivity index (χ2v) is 15.9. The minimum absolute atomic E-state index is 0.252. The van der Waals surface area contributed by atoms with Gasteiger partial charge in [-0.15, -0.1) is 0 Å². The van der Waals surface area contributed by atoms with Crippen LogP contribution in [-0.2, 0) is 33.2 Å². The van der Waals surface area contributed by atoms with E-state index in [2.05, 4.69) is 26.8 Å². The predicted octanol–water partition coefficient (Wildman–Crippen LogP) is -4.89. The molecule has 0 unspecified atom stereocenters. The average molecular weight is 785 g/mol. The molecular weight excluding hydrogens is 724 g/mol. The van der Waals surface area contributed by atoms with Gasteiger partial charge in [0.2, 0.25) is 0 Å². The first kappa shape index (κ1) is 45.8. The van der Waals surface area contributed by atoms with Gasteiger partial charge in [-0.1, -0.05) is 0 Å². The molecule has 3 aliphatic rings. The minimum atomic E-state index is -1.93. The molecule has 314 valence electrons. The van der Waals surface area contributed by atoms with Gasteiger partial charge in [0.05, 0.1) is 24.7 Å². The second kappa shape index (κ2) is 18.6. The summed E-state index contributed by atoms with van der Waals surface area (Å²) >= 11 is 0. The van der Waals surface area contributed by atoms with E-state index in [4.69, 9.17) is 34.2 Å². The summed E-state index contributed by atoms with van der Waals surface area (Å²) in [6, 6.07) is -3.37. The molecule has 14 N–H and O–H groups in total. The van der Waals surface area contributed by atoms with Crippen molar-refractivity contribution in [3.8, 4) is 0 Å². The fourth-order valence-electron chi connectivity index (χ4n) is 6.22. The van der Waals surface area contributed by atoms with Crippen LogP contribution in [0.3, 0.4) is 0 Å². The Morgan fingerprint density at radius 3 is 2.00 bits per heavy atom. The maximum Gasteiger partial charge on any atom is 0.407 e. The van der Waals surface area contributed by atoms with Crippen LogP contribution in [0.1, 0.15) is 54.9 Å². The third kappa shape index (κ3) is 12.2. The third-order valence-corrected chi connectivity index (χ3v) is 8.82. The lowest BCUT2D eigenvalue weighted by Crippen LogP contribution is -2.71. The molecule has 0 aromatic heterocycles. The Morgan fingerprint density at radius 1 is 0.852 bits per heavy atom. The van der Waals surface area contributed by atoms with Gasteiger partial charge < -0.3 is 85.9 Å². The van der Waals surface area contributed by atoms with Crippen LogP contribution in [0.5, 0.6) is 0 Å². The van der Waals surface area contributed by atoms with Crippen molar-refractivity contribution < 1.29 is 78.6 Å². The normalized spacial score (nSPS) is 38.2. The van der Waals surface area contributed by atoms with Crippen molar-refractivity contribution in [1.82, 2.24) is 26.8 Å². The van der Waals surface area contributed by atoms with Crippen molar-refractivity contribution in [2.45, 2.75) is 157 Å². The molecule has 2 aliphatic heterocycles. The number of hydrogen-bond donors (Lipinski definition) is 13. The van der Waals surface area contributed by atoms with Crippen LogP contribution < -0.4 is 32.5 Å². The Labute approximate surface area is 313 Å². The van der Waals surface area contributed by atoms with Crippen molar-refractivity contribution in [2.75, 3.05) is 26.7 Å². The van der Waals surface area contributed by atoms with Crippen molar-refractivity contribution in [1.29, 1.82) is 0 Å². The lowest BCUT2D eigenvalue weighted by molar-refractivity contribution is -0.331. The molecule has 1 saturated carbocycles. The summed E-state index contributed by atoms with van der Waals surface area (Å²) in [6.07, 6.45) is -20.3. The van der Waals surface area contributed by atoms with Crippen molar-refractivity contribution in [2.24, 2.45) is 5.73 Å². The lowest BCUT2D eigenvalue weighted by atomic mass is 9.83. The van der Waals surface area contributed by atoms with Crippen LogP contribution in [0.4, 0.5) is 9.59 Å². The first-order valence-electron chi connectivity index (χ1n) is 17.7. The second-order valence-electron chi connectivity index (χ2n) is 15.9. The molecule has 0 aromatic rings. The number of nitrogens with one attached hydrogen (secondary N) is 5. The van der Waals surface area contributed by atoms with Gasteiger partial charge in [-0.3, -0.25) is 10.2 Å². The van der Waals surface area contributed by atoms with Gasteiger partial charge in [0.15, 0.2) is 12.6 Å². The van der Waals surface area contributed by atoms with Crippen molar-refractivity contribution in [3.63, 3.8) is 0 Å². The zero-order valence-electron chi connectivity index (χ0n) is 31.8. The molecule has 22 nitrogen and oxygen atoms in total. The first-order chi connectivity index (χ1) is 24.9. The van der Waals surface area contributed by atoms with Crippen molar-refractivity contribution >= 4 is 18.1 Å². The molecule has 1 aliphatic carbocycles. The monoisotopic (exact) mass is 784 g/mol. The summed E-state index contributed by atoms with van der Waals surface area (Å²) in [6.45, 7) is 10.0. The Bertz CT molecular complexity index is 1250. The summed E-state index contributed by atoms with van der Waals surface area (Å²) in [5.74, 6) is -0.946. The van der Waals surface area contributed by atoms with Crippen LogP contribution in [-0.4, -0.2) is 183 Å². The number of hydrogen-bond acceptors (Lipinski definition) is 19. The SMILES string of the molecule is CN[C@@H]1[C@@H](O)[C@@H](O[C@@H]2[C@@H](O)[C@H](O[C@H]3O[C@H](CNC(=O)OC(C)(C)C)[C@@H](O)[C@H](O)[C@H]3O)[C@@H](NC(=O)OC(C)(C)C)C[C@H]2NNC(=O)[C@@H](O)CN)OC[C@]1(C)O. The standard InChI is InChI=1S/C32H60N6O16/c1-30(2,3)53-28(46)35-11-16-17(40)18(41)19(42)27(50-16)52-22-13(36-29(47)54-31(4,5)6)9-14(37-38-25(45)15(39)10-33)23(20(22)43)51-26-21(44)24(34-8)32(7,48)12-49-26/h13-24,26-27,34,37,39-44,48H,9-12,33H2,1-8H3,(H,35,46)(H,36,47)(H,38,45)/t13-,14+,15-,16+,17+,18-,19+,20-,21+,22+,23-,24+,26+,27+,32-/m0/s1. The van der Waals surface area contributed by atoms with Crippen LogP contribution in [0, 0.1) is 0 Å². The highest BCUT2D eigenvalue weighted by Crippen LogP contribution is 2.33. The van der Waals surface area contributed by atoms with Gasteiger partial charge >= 0.3 is 12.2 Å². The minimum Gasteiger partial charge on any atom is -0.444 e. The van der Waals surface area contributed by atoms with E-state index in [0.717, 1.165) is 0 Å². The molecule has 3 rings (SSSR count). The topological polar surface area (TPSA) is 334 Å². The van der Waals surface area contributed by atoms with Crippen molar-refractivity contribution in [3.05, 3.63) is 0 Å². The highest BCUT2D eigenvalue weighted by molar-refractivity contribution is 5.80. The summed E-state index contributed by atoms with van der Waals surface area (Å²) in [5.41, 5.74) is 6.98. The zero-order valence-corrected chi connectivity index (χ0v) is 31.8. The Kier molecular flexibility index (Phi) is 15.8. The number of carbonyl (C=O) groups excluding carboxylic acids is 3. The Hall–Kier alpha value is -2.55. The summed E-state index contributed by atoms with van der Waals surface area (Å²) in [7, 11) is 1.50. The van der Waals surface area contributed by atoms with Gasteiger partial charge in [-0.2, -0.15) is 0 Å². The van der Waals surface area contributed by atoms with E-state index in [1.54, 1.807) is 41.5 Å². The number of carbonyl (C=O) groups is 3. The maximum atomic E-state index is 13.1. The maximum absolute atomic E-state index is 13.1. The number of nitrogens with two attached hydrogens (primary N) is 1. The molecule has 3 fully saturated rings. The first-order valence-corrected chi connectivity index (χ1v) is 17.7. The number of likely N-dealkylation sites (N-methyl/N-ethyl adjacent to an activating group) is 1. The predicted molar refractivity (Wildman–Crippen MR) is 184 cm³/mol. The molecule has 22 heteroatoms. The number of rotatable bonds is 12. The summed E-state index contributed by atoms with van der Waals surface area (Å²) in [4.78, 5) is 37.9. The van der Waals surface area contributed by atoms with E-state index < -0.39 is 134 Å². The molecule has 0 bridgehead atoms. The van der Waals surface area contributed by atoms with Crippen LogP contribution in [0.2, 0.25) is 0 Å². The van der Waals surface area contributed by atoms with Gasteiger partial charge in [0.25, 0.3) is 5.91 Å². The fourth-order valence-corrected chi connectivity index (χ4v) is 6.22. The largest absolute Gasteiger partial charge is 0.444 e. The summed E-state index contributed by atoms with van der Waals surface area (Å²) < 4.78 is 34.2. The van der Waals surface area contributed by atoms with Crippen LogP contribution in [0.25, 0.3) is 0 Å². The number of amides is 3. The smallest absolute Gasteiger partial charge is 0.407 e. The Morgan fingerprint density at radius 2 is 1.43 bits per heavy atom. The van der Waals surface area contributed by atoms with Crippen LogP contribution >= 0.6 is 0 Å². The number of aliphatic hydroxyl groups is 7. The number of alkyl carbamates (subject to hydrolysis) is 2. The van der Waals surface area contributed by atoms with E-state index in [-0.39, 0.29) is 13.0 Å². The number of ether oxygens (including phenoxy) is 6. The van der Waals surface area contributed by atoms with E-state index >= 15 is 0 Å². The summed E-state index contributed by atoms with van der Waals surface area (Å²) in [5, 5.41) is 84.0. The van der Waals surface area contributed by atoms with Crippen LogP contribution in [0.15, 0.2) is 0 Å². The van der Waals surface area contributed by atoms with Gasteiger partial charge in [0.1, 0.15) is 71.7 Å². The average Bonchev–Trinajstić information content (AvgIpc) is 3.05. The third-order valence-electron chi connectivity index (χ3n) is 8.82. The molecule has 54 heavy (non-hydrogen) atoms. The lowest BCUT2D eigenvalue weighted by Gasteiger charge is -2.50. The molecule has 0 spiro atoms. The number of hydrazine groups is 1. The fraction of sp³-hybridized carbons (Fsp3) is 0.906. The molecule has 3 amide bonds. The van der Waals surface area contributed by atoms with E-state index in [1.807, 2.05) is 0 Å². The molecule has 2 saturated heterocycles. The molecule has 0 radical (unpaired) electrons. The van der Waals surface area contributed by atoms with E-state index in [1.165, 1.54) is 14.0 Å². The van der Waals surface area contributed by atoms with Gasteiger partial charge in [-0.25, -0.2) is 15.0 Å². The zero-order chi connectivity index (χ0) is 40.9.